The van der Waals surface area contributed by atoms with E-state index in [0.717, 1.165) is 37.3 Å². The van der Waals surface area contributed by atoms with Crippen LogP contribution < -0.4 is 9.80 Å². The summed E-state index contributed by atoms with van der Waals surface area (Å²) in [6.45, 7) is 5.55. The van der Waals surface area contributed by atoms with Gasteiger partial charge in [0.1, 0.15) is 0 Å². The van der Waals surface area contributed by atoms with Crippen LogP contribution >= 0.6 is 23.4 Å². The van der Waals surface area contributed by atoms with Gasteiger partial charge in [0.05, 0.1) is 28.9 Å². The molecule has 0 aromatic heterocycles. The first-order valence-electron chi connectivity index (χ1n) is 10.1. The van der Waals surface area contributed by atoms with Crippen LogP contribution in [0.5, 0.6) is 0 Å². The van der Waals surface area contributed by atoms with E-state index < -0.39 is 9.84 Å². The van der Waals surface area contributed by atoms with Crippen LogP contribution in [-0.4, -0.2) is 55.4 Å². The fourth-order valence-corrected chi connectivity index (χ4v) is 8.24. The number of carbonyl (C=O) groups is 1. The molecule has 1 amide bonds. The summed E-state index contributed by atoms with van der Waals surface area (Å²) in [5.41, 5.74) is 1.89. The number of amidine groups is 1. The number of rotatable bonds is 3. The summed E-state index contributed by atoms with van der Waals surface area (Å²) in [5.74, 6) is -0.212. The topological polar surface area (TPSA) is 70.0 Å². The number of halogens is 1. The summed E-state index contributed by atoms with van der Waals surface area (Å²) in [6.07, 6.45) is 3.48. The molecule has 1 aromatic carbocycles. The van der Waals surface area contributed by atoms with E-state index in [1.54, 1.807) is 0 Å². The van der Waals surface area contributed by atoms with Crippen LogP contribution in [0.25, 0.3) is 0 Å². The number of anilines is 2. The van der Waals surface area contributed by atoms with Crippen LogP contribution in [0.3, 0.4) is 0 Å². The maximum absolute atomic E-state index is 12.4. The number of sulfone groups is 1. The second kappa shape index (κ2) is 8.12. The lowest BCUT2D eigenvalue weighted by Crippen LogP contribution is -2.40. The van der Waals surface area contributed by atoms with Gasteiger partial charge < -0.3 is 9.80 Å². The molecule has 4 rings (SSSR count). The summed E-state index contributed by atoms with van der Waals surface area (Å²) in [5, 5.41) is 1.06. The minimum absolute atomic E-state index is 0.0749. The van der Waals surface area contributed by atoms with E-state index in [9.17, 15) is 13.2 Å². The van der Waals surface area contributed by atoms with Crippen LogP contribution in [0, 0.1) is 5.92 Å². The molecule has 2 atom stereocenters. The number of carbonyl (C=O) groups excluding carboxylic acids is 1. The molecular weight excluding hydrogens is 430 g/mol. The van der Waals surface area contributed by atoms with E-state index in [1.807, 2.05) is 36.9 Å². The number of nitrogens with zero attached hydrogens (tertiary/aromatic N) is 3. The van der Waals surface area contributed by atoms with Gasteiger partial charge in [0.2, 0.25) is 0 Å². The van der Waals surface area contributed by atoms with Crippen LogP contribution in [0.1, 0.15) is 33.1 Å². The Morgan fingerprint density at radius 2 is 1.90 bits per heavy atom. The number of fused-ring (bicyclic) bond motifs is 1. The van der Waals surface area contributed by atoms with E-state index in [-0.39, 0.29) is 34.6 Å². The second-order valence-corrected chi connectivity index (χ2v) is 12.0. The number of amides is 1. The van der Waals surface area contributed by atoms with Gasteiger partial charge >= 0.3 is 0 Å². The van der Waals surface area contributed by atoms with Gasteiger partial charge in [-0.05, 0) is 37.5 Å². The van der Waals surface area contributed by atoms with Gasteiger partial charge in [-0.2, -0.15) is 4.99 Å². The number of hydrogen-bond acceptors (Lipinski definition) is 5. The first-order chi connectivity index (χ1) is 13.7. The first kappa shape index (κ1) is 21.0. The summed E-state index contributed by atoms with van der Waals surface area (Å²) in [7, 11) is -3.11. The molecule has 3 aliphatic heterocycles. The Morgan fingerprint density at radius 3 is 2.59 bits per heavy atom. The van der Waals surface area contributed by atoms with Crippen LogP contribution in [-0.2, 0) is 14.6 Å². The molecule has 0 radical (unpaired) electrons. The van der Waals surface area contributed by atoms with Crippen molar-refractivity contribution in [3.05, 3.63) is 23.2 Å². The van der Waals surface area contributed by atoms with Gasteiger partial charge in [-0.15, -0.1) is 0 Å². The molecule has 158 valence electrons. The Bertz CT molecular complexity index is 942. The van der Waals surface area contributed by atoms with E-state index in [4.69, 9.17) is 11.6 Å². The quantitative estimate of drug-likeness (QED) is 0.693. The fourth-order valence-electron chi connectivity index (χ4n) is 4.16. The minimum atomic E-state index is -3.11. The third kappa shape index (κ3) is 4.30. The molecule has 29 heavy (non-hydrogen) atoms. The van der Waals surface area contributed by atoms with Gasteiger partial charge in [0.15, 0.2) is 15.0 Å². The van der Waals surface area contributed by atoms with Gasteiger partial charge in [-0.1, -0.05) is 37.2 Å². The molecule has 0 saturated carbocycles. The monoisotopic (exact) mass is 455 g/mol. The largest absolute Gasteiger partial charge is 0.370 e. The molecule has 0 spiro atoms. The maximum Gasteiger partial charge on any atom is 0.250 e. The molecule has 3 heterocycles. The first-order valence-corrected chi connectivity index (χ1v) is 13.2. The second-order valence-electron chi connectivity index (χ2n) is 8.24. The molecule has 3 saturated heterocycles. The standard InChI is InChI=1S/C20H26ClN3O3S2/c1-13(2)19(25)22-20-24(17-11-29(26,27)12-18(17)28-20)16-10-14(21)6-7-15(16)23-8-4-3-5-9-23/h6-7,10,13,17-18H,3-5,8-9,11-12H2,1-2H3/t17-,18+/m0/s1. The zero-order valence-electron chi connectivity index (χ0n) is 16.7. The Morgan fingerprint density at radius 1 is 1.17 bits per heavy atom. The van der Waals surface area contributed by atoms with Crippen molar-refractivity contribution < 1.29 is 13.2 Å². The van der Waals surface area contributed by atoms with Crippen LogP contribution in [0.2, 0.25) is 5.02 Å². The number of hydrogen-bond donors (Lipinski definition) is 0. The van der Waals surface area contributed by atoms with Gasteiger partial charge in [0.25, 0.3) is 5.91 Å². The van der Waals surface area contributed by atoms with Crippen molar-refractivity contribution in [2.24, 2.45) is 10.9 Å². The average Bonchev–Trinajstić information content (AvgIpc) is 3.13. The summed E-state index contributed by atoms with van der Waals surface area (Å²) < 4.78 is 24.7. The molecule has 0 aliphatic carbocycles. The van der Waals surface area contributed by atoms with E-state index in [1.165, 1.54) is 18.2 Å². The highest BCUT2D eigenvalue weighted by molar-refractivity contribution is 8.16. The van der Waals surface area contributed by atoms with Crippen molar-refractivity contribution in [1.29, 1.82) is 0 Å². The van der Waals surface area contributed by atoms with Crippen molar-refractivity contribution in [1.82, 2.24) is 0 Å². The molecule has 3 fully saturated rings. The third-order valence-corrected chi connectivity index (χ3v) is 9.10. The maximum atomic E-state index is 12.4. The lowest BCUT2D eigenvalue weighted by atomic mass is 10.1. The van der Waals surface area contributed by atoms with E-state index in [2.05, 4.69) is 9.89 Å². The third-order valence-electron chi connectivity index (χ3n) is 5.66. The van der Waals surface area contributed by atoms with Gasteiger partial charge in [-0.25, -0.2) is 8.42 Å². The lowest BCUT2D eigenvalue weighted by Gasteiger charge is -2.34. The molecule has 0 bridgehead atoms. The van der Waals surface area contributed by atoms with Crippen molar-refractivity contribution in [3.8, 4) is 0 Å². The molecule has 1 aromatic rings. The molecule has 0 unspecified atom stereocenters. The van der Waals surface area contributed by atoms with Gasteiger partial charge in [0, 0.05) is 29.3 Å². The molecule has 0 N–H and O–H groups in total. The van der Waals surface area contributed by atoms with Crippen molar-refractivity contribution in [2.75, 3.05) is 34.4 Å². The SMILES string of the molecule is CC(C)C(=O)N=C1S[C@@H]2CS(=O)(=O)C[C@@H]2N1c1cc(Cl)ccc1N1CCCCC1. The molecule has 9 heteroatoms. The molecule has 3 aliphatic rings. The number of benzene rings is 1. The zero-order valence-corrected chi connectivity index (χ0v) is 19.1. The highest BCUT2D eigenvalue weighted by atomic mass is 35.5. The van der Waals surface area contributed by atoms with Crippen LogP contribution in [0.4, 0.5) is 11.4 Å². The predicted octanol–water partition coefficient (Wildman–Crippen LogP) is 3.59. The Labute approximate surface area is 181 Å². The highest BCUT2D eigenvalue weighted by Gasteiger charge is 2.50. The summed E-state index contributed by atoms with van der Waals surface area (Å²) in [6, 6.07) is 5.53. The molecule has 6 nitrogen and oxygen atoms in total. The lowest BCUT2D eigenvalue weighted by molar-refractivity contribution is -0.120. The number of aliphatic imine (C=N–C) groups is 1. The Kier molecular flexibility index (Phi) is 5.88. The predicted molar refractivity (Wildman–Crippen MR) is 121 cm³/mol. The minimum Gasteiger partial charge on any atom is -0.370 e. The van der Waals surface area contributed by atoms with Crippen molar-refractivity contribution in [2.45, 2.75) is 44.4 Å². The zero-order chi connectivity index (χ0) is 20.8. The van der Waals surface area contributed by atoms with Crippen LogP contribution in [0.15, 0.2) is 23.2 Å². The highest BCUT2D eigenvalue weighted by Crippen LogP contribution is 2.45. The average molecular weight is 456 g/mol. The van der Waals surface area contributed by atoms with Crippen molar-refractivity contribution >= 4 is 55.6 Å². The Balaban J connectivity index is 1.80. The van der Waals surface area contributed by atoms with Crippen molar-refractivity contribution in [3.63, 3.8) is 0 Å². The summed E-state index contributed by atoms with van der Waals surface area (Å²) >= 11 is 7.77. The smallest absolute Gasteiger partial charge is 0.250 e. The van der Waals surface area contributed by atoms with E-state index >= 15 is 0 Å². The number of piperidine rings is 1. The van der Waals surface area contributed by atoms with E-state index in [0.29, 0.717) is 10.2 Å². The van der Waals surface area contributed by atoms with Gasteiger partial charge in [-0.3, -0.25) is 4.79 Å². The summed E-state index contributed by atoms with van der Waals surface area (Å²) in [4.78, 5) is 21.1. The molecular formula is C20H26ClN3O3S2. The Hall–Kier alpha value is -1.25. The normalized spacial score (nSPS) is 27.7. The number of thioether (sulfide) groups is 1. The fraction of sp³-hybridized carbons (Fsp3) is 0.600.